The van der Waals surface area contributed by atoms with Gasteiger partial charge in [0, 0.05) is 17.2 Å². The standard InChI is InChI=1S/C12H13BrN2/c1-10(13)9-11-5-2-3-6-12(11)15-8-4-7-14-15/h2-8,10H,9H2,1H3. The minimum absolute atomic E-state index is 0.481. The predicted molar refractivity (Wildman–Crippen MR) is 65.7 cm³/mol. The van der Waals surface area contributed by atoms with Gasteiger partial charge in [0.05, 0.1) is 5.69 Å². The van der Waals surface area contributed by atoms with Gasteiger partial charge in [0.2, 0.25) is 0 Å². The zero-order chi connectivity index (χ0) is 10.7. The van der Waals surface area contributed by atoms with Crippen molar-refractivity contribution in [3.63, 3.8) is 0 Å². The lowest BCUT2D eigenvalue weighted by molar-refractivity contribution is 0.848. The van der Waals surface area contributed by atoms with E-state index < -0.39 is 0 Å². The van der Waals surface area contributed by atoms with Crippen molar-refractivity contribution in [2.24, 2.45) is 0 Å². The molecular formula is C12H13BrN2. The third-order valence-electron chi connectivity index (χ3n) is 2.24. The molecule has 0 aliphatic heterocycles. The summed E-state index contributed by atoms with van der Waals surface area (Å²) < 4.78 is 1.91. The van der Waals surface area contributed by atoms with Crippen molar-refractivity contribution < 1.29 is 0 Å². The van der Waals surface area contributed by atoms with Crippen LogP contribution in [0.2, 0.25) is 0 Å². The molecule has 1 heterocycles. The lowest BCUT2D eigenvalue weighted by Crippen LogP contribution is -2.04. The first kappa shape index (κ1) is 10.4. The Kier molecular flexibility index (Phi) is 3.21. The van der Waals surface area contributed by atoms with E-state index >= 15 is 0 Å². The van der Waals surface area contributed by atoms with E-state index in [9.17, 15) is 0 Å². The second-order valence-corrected chi connectivity index (χ2v) is 5.13. The number of hydrogen-bond acceptors (Lipinski definition) is 1. The van der Waals surface area contributed by atoms with Crippen molar-refractivity contribution in [3.05, 3.63) is 48.3 Å². The third kappa shape index (κ3) is 2.48. The lowest BCUT2D eigenvalue weighted by Gasteiger charge is -2.10. The zero-order valence-corrected chi connectivity index (χ0v) is 10.2. The second kappa shape index (κ2) is 4.62. The summed E-state index contributed by atoms with van der Waals surface area (Å²) in [7, 11) is 0. The van der Waals surface area contributed by atoms with Crippen molar-refractivity contribution in [1.82, 2.24) is 9.78 Å². The fourth-order valence-electron chi connectivity index (χ4n) is 1.62. The average Bonchev–Trinajstić information content (AvgIpc) is 2.70. The van der Waals surface area contributed by atoms with Crippen LogP contribution in [-0.4, -0.2) is 14.6 Å². The smallest absolute Gasteiger partial charge is 0.0677 e. The third-order valence-corrected chi connectivity index (χ3v) is 2.57. The molecule has 2 rings (SSSR count). The highest BCUT2D eigenvalue weighted by Crippen LogP contribution is 2.17. The molecule has 0 fully saturated rings. The molecule has 1 aromatic carbocycles. The van der Waals surface area contributed by atoms with Gasteiger partial charge < -0.3 is 0 Å². The molecule has 2 nitrogen and oxygen atoms in total. The lowest BCUT2D eigenvalue weighted by atomic mass is 10.1. The maximum atomic E-state index is 4.26. The quantitative estimate of drug-likeness (QED) is 0.779. The number of benzene rings is 1. The van der Waals surface area contributed by atoms with E-state index in [0.717, 1.165) is 12.1 Å². The SMILES string of the molecule is CC(Br)Cc1ccccc1-n1cccn1. The number of rotatable bonds is 3. The van der Waals surface area contributed by atoms with Crippen LogP contribution in [0, 0.1) is 0 Å². The van der Waals surface area contributed by atoms with Gasteiger partial charge in [0.1, 0.15) is 0 Å². The van der Waals surface area contributed by atoms with Crippen LogP contribution in [-0.2, 0) is 6.42 Å². The summed E-state index contributed by atoms with van der Waals surface area (Å²) in [5.41, 5.74) is 2.47. The van der Waals surface area contributed by atoms with Crippen LogP contribution in [0.5, 0.6) is 0 Å². The molecule has 0 aliphatic carbocycles. The van der Waals surface area contributed by atoms with E-state index in [-0.39, 0.29) is 0 Å². The Balaban J connectivity index is 2.38. The summed E-state index contributed by atoms with van der Waals surface area (Å²) in [5, 5.41) is 4.26. The maximum absolute atomic E-state index is 4.26. The molecule has 0 bridgehead atoms. The van der Waals surface area contributed by atoms with Crippen LogP contribution >= 0.6 is 15.9 Å². The summed E-state index contributed by atoms with van der Waals surface area (Å²) in [6.45, 7) is 2.15. The van der Waals surface area contributed by atoms with Gasteiger partial charge in [0.15, 0.2) is 0 Å². The molecule has 78 valence electrons. The Morgan fingerprint density at radius 2 is 2.13 bits per heavy atom. The second-order valence-electron chi connectivity index (χ2n) is 3.56. The predicted octanol–water partition coefficient (Wildman–Crippen LogP) is 3.20. The summed E-state index contributed by atoms with van der Waals surface area (Å²) in [5.74, 6) is 0. The van der Waals surface area contributed by atoms with Gasteiger partial charge in [0.25, 0.3) is 0 Å². The Morgan fingerprint density at radius 3 is 2.80 bits per heavy atom. The first-order valence-corrected chi connectivity index (χ1v) is 5.91. The van der Waals surface area contributed by atoms with Gasteiger partial charge in [-0.2, -0.15) is 5.10 Å². The van der Waals surface area contributed by atoms with Gasteiger partial charge in [-0.25, -0.2) is 4.68 Å². The molecule has 0 amide bonds. The van der Waals surface area contributed by atoms with Crippen LogP contribution in [0.3, 0.4) is 0 Å². The molecule has 0 saturated carbocycles. The zero-order valence-electron chi connectivity index (χ0n) is 8.60. The maximum Gasteiger partial charge on any atom is 0.0677 e. The molecule has 0 spiro atoms. The monoisotopic (exact) mass is 264 g/mol. The Morgan fingerprint density at radius 1 is 1.33 bits per heavy atom. The molecule has 0 aliphatic rings. The number of nitrogens with zero attached hydrogens (tertiary/aromatic N) is 2. The van der Waals surface area contributed by atoms with Gasteiger partial charge in [-0.05, 0) is 24.1 Å². The van der Waals surface area contributed by atoms with Crippen LogP contribution < -0.4 is 0 Å². The van der Waals surface area contributed by atoms with E-state index in [1.54, 1.807) is 6.20 Å². The molecule has 1 aromatic heterocycles. The number of aromatic nitrogens is 2. The topological polar surface area (TPSA) is 17.8 Å². The van der Waals surface area contributed by atoms with Crippen molar-refractivity contribution in [2.45, 2.75) is 18.2 Å². The Labute approximate surface area is 98.1 Å². The average molecular weight is 265 g/mol. The molecule has 0 radical (unpaired) electrons. The fraction of sp³-hybridized carbons (Fsp3) is 0.250. The Hall–Kier alpha value is -1.09. The highest BCUT2D eigenvalue weighted by Gasteiger charge is 2.06. The van der Waals surface area contributed by atoms with Gasteiger partial charge in [-0.1, -0.05) is 41.1 Å². The largest absolute Gasteiger partial charge is 0.241 e. The Bertz CT molecular complexity index is 421. The number of hydrogen-bond donors (Lipinski definition) is 0. The van der Waals surface area contributed by atoms with Gasteiger partial charge in [-0.15, -0.1) is 0 Å². The van der Waals surface area contributed by atoms with E-state index in [4.69, 9.17) is 0 Å². The molecule has 15 heavy (non-hydrogen) atoms. The fourth-order valence-corrected chi connectivity index (χ4v) is 1.97. The highest BCUT2D eigenvalue weighted by atomic mass is 79.9. The molecular weight excluding hydrogens is 252 g/mol. The van der Waals surface area contributed by atoms with E-state index in [1.807, 2.05) is 23.0 Å². The van der Waals surface area contributed by atoms with Crippen molar-refractivity contribution in [3.8, 4) is 5.69 Å². The molecule has 2 aromatic rings. The summed E-state index contributed by atoms with van der Waals surface area (Å²) in [4.78, 5) is 0.481. The molecule has 0 N–H and O–H groups in total. The number of alkyl halides is 1. The van der Waals surface area contributed by atoms with Crippen molar-refractivity contribution in [2.75, 3.05) is 0 Å². The number of halogens is 1. The summed E-state index contributed by atoms with van der Waals surface area (Å²) >= 11 is 3.58. The number of para-hydroxylation sites is 1. The first-order valence-electron chi connectivity index (χ1n) is 4.99. The molecule has 0 saturated heterocycles. The highest BCUT2D eigenvalue weighted by molar-refractivity contribution is 9.09. The van der Waals surface area contributed by atoms with Crippen molar-refractivity contribution >= 4 is 15.9 Å². The molecule has 1 atom stereocenters. The van der Waals surface area contributed by atoms with Crippen LogP contribution in [0.1, 0.15) is 12.5 Å². The minimum Gasteiger partial charge on any atom is -0.241 e. The van der Waals surface area contributed by atoms with Crippen LogP contribution in [0.4, 0.5) is 0 Å². The van der Waals surface area contributed by atoms with Gasteiger partial charge >= 0.3 is 0 Å². The van der Waals surface area contributed by atoms with E-state index in [1.165, 1.54) is 5.56 Å². The summed E-state index contributed by atoms with van der Waals surface area (Å²) in [6.07, 6.45) is 4.78. The molecule has 1 unspecified atom stereocenters. The summed E-state index contributed by atoms with van der Waals surface area (Å²) in [6, 6.07) is 10.3. The normalized spacial score (nSPS) is 12.7. The van der Waals surface area contributed by atoms with Crippen LogP contribution in [0.25, 0.3) is 5.69 Å². The van der Waals surface area contributed by atoms with E-state index in [2.05, 4.69) is 46.2 Å². The van der Waals surface area contributed by atoms with E-state index in [0.29, 0.717) is 4.83 Å². The first-order chi connectivity index (χ1) is 7.27. The van der Waals surface area contributed by atoms with Crippen LogP contribution in [0.15, 0.2) is 42.7 Å². The molecule has 3 heteroatoms. The minimum atomic E-state index is 0.481. The van der Waals surface area contributed by atoms with Gasteiger partial charge in [-0.3, -0.25) is 0 Å². The van der Waals surface area contributed by atoms with Crippen molar-refractivity contribution in [1.29, 1.82) is 0 Å².